The van der Waals surface area contributed by atoms with Gasteiger partial charge in [-0.1, -0.05) is 37.6 Å². The number of imide groups is 2. The highest BCUT2D eigenvalue weighted by Gasteiger charge is 2.45. The number of nitrogens with one attached hydrogen (secondary N) is 1. The van der Waals surface area contributed by atoms with Crippen LogP contribution in [0.1, 0.15) is 107 Å². The molecule has 9 rings (SSSR count). The maximum Gasteiger partial charge on any atom is 0.262 e. The molecule has 4 fully saturated rings. The van der Waals surface area contributed by atoms with Crippen molar-refractivity contribution < 1.29 is 23.9 Å². The van der Waals surface area contributed by atoms with Gasteiger partial charge in [0.1, 0.15) is 24.2 Å². The van der Waals surface area contributed by atoms with Crippen LogP contribution in [0, 0.1) is 11.3 Å². The van der Waals surface area contributed by atoms with Gasteiger partial charge >= 0.3 is 0 Å². The lowest BCUT2D eigenvalue weighted by atomic mass is 9.78. The Labute approximate surface area is 360 Å². The summed E-state index contributed by atoms with van der Waals surface area (Å²) in [5.41, 5.74) is 4.67. The fourth-order valence-electron chi connectivity index (χ4n) is 9.68. The molecule has 6 heterocycles. The lowest BCUT2D eigenvalue weighted by molar-refractivity contribution is -0.136. The third kappa shape index (κ3) is 8.12. The van der Waals surface area contributed by atoms with Gasteiger partial charge in [0.25, 0.3) is 11.8 Å². The lowest BCUT2D eigenvalue weighted by Crippen LogP contribution is -2.64. The van der Waals surface area contributed by atoms with Gasteiger partial charge < -0.3 is 9.64 Å². The number of rotatable bonds is 10. The Hall–Kier alpha value is -5.68. The molecule has 0 bridgehead atoms. The minimum atomic E-state index is -0.964. The number of likely N-dealkylation sites (tertiary alicyclic amines) is 2. The summed E-state index contributed by atoms with van der Waals surface area (Å²) in [7, 11) is 0. The fraction of sp³-hybridized carbons (Fsp3) is 0.426. The highest BCUT2D eigenvalue weighted by atomic mass is 35.5. The summed E-state index contributed by atoms with van der Waals surface area (Å²) in [4.78, 5) is 68.8. The number of halogens is 1. The topological polar surface area (TPSA) is 152 Å². The van der Waals surface area contributed by atoms with Gasteiger partial charge in [-0.25, -0.2) is 9.97 Å². The van der Waals surface area contributed by atoms with Crippen LogP contribution in [0.3, 0.4) is 0 Å². The van der Waals surface area contributed by atoms with E-state index in [4.69, 9.17) is 21.3 Å². The molecule has 1 N–H and O–H groups in total. The number of hydrogen-bond donors (Lipinski definition) is 1. The summed E-state index contributed by atoms with van der Waals surface area (Å²) < 4.78 is 6.16. The van der Waals surface area contributed by atoms with E-state index in [0.29, 0.717) is 46.3 Å². The molecule has 1 atom stereocenters. The number of aromatic nitrogens is 2. The second-order valence-electron chi connectivity index (χ2n) is 17.5. The molecule has 1 unspecified atom stereocenters. The molecule has 3 aromatic carbocycles. The summed E-state index contributed by atoms with van der Waals surface area (Å²) >= 11 is 6.31. The molecule has 13 nitrogen and oxygen atoms in total. The molecule has 61 heavy (non-hydrogen) atoms. The molecular formula is C47H49ClN8O5. The quantitative estimate of drug-likeness (QED) is 0.192. The van der Waals surface area contributed by atoms with E-state index < -0.39 is 23.8 Å². The number of benzene rings is 3. The van der Waals surface area contributed by atoms with E-state index in [2.05, 4.69) is 57.0 Å². The van der Waals surface area contributed by atoms with Crippen molar-refractivity contribution in [3.05, 3.63) is 117 Å². The van der Waals surface area contributed by atoms with Gasteiger partial charge in [0.05, 0.1) is 28.5 Å². The van der Waals surface area contributed by atoms with Crippen molar-refractivity contribution >= 4 is 40.9 Å². The predicted octanol–water partition coefficient (Wildman–Crippen LogP) is 5.84. The van der Waals surface area contributed by atoms with Crippen molar-refractivity contribution in [2.24, 2.45) is 0 Å². The summed E-state index contributed by atoms with van der Waals surface area (Å²) in [5, 5.41) is 12.2. The van der Waals surface area contributed by atoms with Gasteiger partial charge in [-0.3, -0.25) is 39.2 Å². The summed E-state index contributed by atoms with van der Waals surface area (Å²) in [5.74, 6) is 0.0367. The number of ether oxygens (including phenoxy) is 1. The standard InChI is InChI=1S/C47H49ClN8O5/c1-47(2,32-21-29(25-49)22-33(48)23-32)31-3-6-38(7-4-31)61-28-34-11-16-50-43(51-34)30-12-17-54(18-13-30)37-26-55(27-37)35-14-19-53(20-15-35)36-5-8-39-40(24-36)46(60)56(45(39)59)41-9-10-42(57)52-44(41)58/h3-8,11,16,21-24,30,35,37,41H,9-10,12-15,17-20,26-28H2,1-2H3,(H,52,57,58). The zero-order valence-electron chi connectivity index (χ0n) is 34.5. The zero-order valence-corrected chi connectivity index (χ0v) is 35.2. The van der Waals surface area contributed by atoms with Crippen LogP contribution < -0.4 is 15.0 Å². The van der Waals surface area contributed by atoms with Gasteiger partial charge in [0.15, 0.2) is 0 Å². The largest absolute Gasteiger partial charge is 0.487 e. The number of hydrogen-bond acceptors (Lipinski definition) is 11. The normalized spacial score (nSPS) is 21.0. The zero-order chi connectivity index (χ0) is 42.4. The van der Waals surface area contributed by atoms with Crippen molar-refractivity contribution in [2.75, 3.05) is 44.2 Å². The first-order valence-corrected chi connectivity index (χ1v) is 21.7. The van der Waals surface area contributed by atoms with Crippen LogP contribution >= 0.6 is 11.6 Å². The average Bonchev–Trinajstić information content (AvgIpc) is 3.50. The van der Waals surface area contributed by atoms with Crippen LogP contribution in [0.25, 0.3) is 0 Å². The van der Waals surface area contributed by atoms with Crippen LogP contribution in [0.4, 0.5) is 5.69 Å². The molecule has 4 amide bonds. The molecule has 0 aliphatic carbocycles. The number of carbonyl (C=O) groups is 4. The van der Waals surface area contributed by atoms with Crippen molar-refractivity contribution in [3.8, 4) is 11.8 Å². The van der Waals surface area contributed by atoms with E-state index in [9.17, 15) is 24.4 Å². The SMILES string of the molecule is CC(C)(c1ccc(OCc2ccnc(C3CCN(C4CN(C5CCN(c6ccc7c(c6)C(=O)N(C6CCC(=O)NC6=O)C7=O)CC5)C4)CC3)n2)cc1)c1cc(Cl)cc(C#N)c1. The van der Waals surface area contributed by atoms with Crippen LogP contribution in [-0.4, -0.2) is 106 Å². The van der Waals surface area contributed by atoms with Crippen molar-refractivity contribution in [2.45, 2.75) is 88.4 Å². The molecule has 4 aromatic rings. The van der Waals surface area contributed by atoms with Crippen LogP contribution in [-0.2, 0) is 21.6 Å². The van der Waals surface area contributed by atoms with Crippen molar-refractivity contribution in [1.29, 1.82) is 5.26 Å². The van der Waals surface area contributed by atoms with Crippen LogP contribution in [0.2, 0.25) is 5.02 Å². The highest BCUT2D eigenvalue weighted by Crippen LogP contribution is 2.36. The Morgan fingerprint density at radius 3 is 2.28 bits per heavy atom. The van der Waals surface area contributed by atoms with Crippen LogP contribution in [0.15, 0.2) is 72.9 Å². The van der Waals surface area contributed by atoms with E-state index in [1.165, 1.54) is 0 Å². The van der Waals surface area contributed by atoms with Gasteiger partial charge in [0, 0.05) is 72.9 Å². The van der Waals surface area contributed by atoms with Crippen molar-refractivity contribution in [1.82, 2.24) is 30.0 Å². The van der Waals surface area contributed by atoms with Gasteiger partial charge in [-0.2, -0.15) is 5.26 Å². The monoisotopic (exact) mass is 840 g/mol. The predicted molar refractivity (Wildman–Crippen MR) is 228 cm³/mol. The smallest absolute Gasteiger partial charge is 0.262 e. The molecule has 14 heteroatoms. The van der Waals surface area contributed by atoms with Gasteiger partial charge in [-0.15, -0.1) is 0 Å². The third-order valence-electron chi connectivity index (χ3n) is 13.5. The van der Waals surface area contributed by atoms with E-state index in [-0.39, 0.29) is 24.2 Å². The third-order valence-corrected chi connectivity index (χ3v) is 13.7. The van der Waals surface area contributed by atoms with Gasteiger partial charge in [0.2, 0.25) is 11.8 Å². The molecule has 0 radical (unpaired) electrons. The number of nitriles is 1. The Balaban J connectivity index is 0.717. The minimum absolute atomic E-state index is 0.0989. The number of anilines is 1. The second kappa shape index (κ2) is 16.6. The molecule has 5 aliphatic heterocycles. The number of fused-ring (bicyclic) bond motifs is 1. The molecule has 4 saturated heterocycles. The van der Waals surface area contributed by atoms with Crippen LogP contribution in [0.5, 0.6) is 5.75 Å². The molecular weight excluding hydrogens is 792 g/mol. The maximum atomic E-state index is 13.4. The summed E-state index contributed by atoms with van der Waals surface area (Å²) in [6.45, 7) is 10.5. The minimum Gasteiger partial charge on any atom is -0.487 e. The molecule has 0 saturated carbocycles. The average molecular weight is 841 g/mol. The summed E-state index contributed by atoms with van der Waals surface area (Å²) in [6.07, 6.45) is 6.19. The van der Waals surface area contributed by atoms with E-state index in [1.54, 1.807) is 18.2 Å². The first kappa shape index (κ1) is 40.7. The first-order valence-electron chi connectivity index (χ1n) is 21.3. The second-order valence-corrected chi connectivity index (χ2v) is 17.9. The number of piperidine rings is 3. The van der Waals surface area contributed by atoms with Crippen molar-refractivity contribution in [3.63, 3.8) is 0 Å². The Bertz CT molecular complexity index is 2410. The fourth-order valence-corrected chi connectivity index (χ4v) is 9.92. The van der Waals surface area contributed by atoms with Gasteiger partial charge in [-0.05, 0) is 111 Å². The number of amides is 4. The Kier molecular flexibility index (Phi) is 11.1. The maximum absolute atomic E-state index is 13.4. The molecule has 5 aliphatic rings. The Morgan fingerprint density at radius 1 is 0.820 bits per heavy atom. The van der Waals surface area contributed by atoms with E-state index in [1.807, 2.05) is 42.6 Å². The highest BCUT2D eigenvalue weighted by molar-refractivity contribution is 6.30. The molecule has 314 valence electrons. The molecule has 1 aromatic heterocycles. The summed E-state index contributed by atoms with van der Waals surface area (Å²) in [6, 6.07) is 23.2. The Morgan fingerprint density at radius 2 is 1.56 bits per heavy atom. The van der Waals surface area contributed by atoms with E-state index >= 15 is 0 Å². The van der Waals surface area contributed by atoms with E-state index in [0.717, 1.165) is 104 Å². The molecule has 0 spiro atoms. The first-order chi connectivity index (χ1) is 29.4. The number of carbonyl (C=O) groups excluding carboxylic acids is 4. The number of nitrogens with zero attached hydrogens (tertiary/aromatic N) is 7. The lowest BCUT2D eigenvalue weighted by Gasteiger charge is -2.52.